The quantitative estimate of drug-likeness (QED) is 0.256. The van der Waals surface area contributed by atoms with Crippen LogP contribution in [0.25, 0.3) is 0 Å². The summed E-state index contributed by atoms with van der Waals surface area (Å²) in [7, 11) is -0.789. The van der Waals surface area contributed by atoms with Gasteiger partial charge in [-0.05, 0) is 29.7 Å². The molecule has 2 nitrogen and oxygen atoms in total. The fourth-order valence-electron chi connectivity index (χ4n) is 3.67. The van der Waals surface area contributed by atoms with E-state index in [4.69, 9.17) is 4.74 Å². The first kappa shape index (κ1) is 21.0. The fourth-order valence-corrected chi connectivity index (χ4v) is 6.48. The van der Waals surface area contributed by atoms with Gasteiger partial charge in [-0.15, -0.1) is 0 Å². The van der Waals surface area contributed by atoms with Crippen LogP contribution >= 0.6 is 7.92 Å². The second kappa shape index (κ2) is 10.7. The van der Waals surface area contributed by atoms with Gasteiger partial charge in [0, 0.05) is 5.66 Å². The van der Waals surface area contributed by atoms with Crippen LogP contribution in [0.4, 0.5) is 0 Å². The van der Waals surface area contributed by atoms with Crippen molar-refractivity contribution in [2.45, 2.75) is 18.7 Å². The van der Waals surface area contributed by atoms with E-state index in [0.29, 0.717) is 13.0 Å². The molecule has 1 atom stereocenters. The summed E-state index contributed by atoms with van der Waals surface area (Å²) < 4.78 is 5.67. The highest BCUT2D eigenvalue weighted by molar-refractivity contribution is 7.73. The molecule has 0 aliphatic rings. The van der Waals surface area contributed by atoms with Crippen LogP contribution in [0.15, 0.2) is 121 Å². The van der Waals surface area contributed by atoms with E-state index in [1.807, 2.05) is 60.7 Å². The number of ether oxygens (including phenoxy) is 1. The van der Waals surface area contributed by atoms with Gasteiger partial charge in [0.25, 0.3) is 0 Å². The topological polar surface area (TPSA) is 26.3 Å². The summed E-state index contributed by atoms with van der Waals surface area (Å²) in [4.78, 5) is 13.0. The Morgan fingerprint density at radius 1 is 0.645 bits per heavy atom. The Morgan fingerprint density at radius 3 is 1.61 bits per heavy atom. The molecule has 0 saturated carbocycles. The first-order valence-electron chi connectivity index (χ1n) is 10.4. The average molecular weight is 424 g/mol. The molecular weight excluding hydrogens is 399 g/mol. The molecule has 0 aromatic heterocycles. The summed E-state index contributed by atoms with van der Waals surface area (Å²) in [5, 5.41) is 2.52. The number of carbonyl (C=O) groups is 1. The van der Waals surface area contributed by atoms with Gasteiger partial charge in [0.2, 0.25) is 0 Å². The molecule has 154 valence electrons. The predicted molar refractivity (Wildman–Crippen MR) is 129 cm³/mol. The molecule has 0 bridgehead atoms. The third kappa shape index (κ3) is 5.69. The minimum atomic E-state index is -0.789. The number of hydrogen-bond donors (Lipinski definition) is 0. The van der Waals surface area contributed by atoms with Crippen LogP contribution in [0.1, 0.15) is 23.2 Å². The smallest absolute Gasteiger partial charge is 0.307 e. The van der Waals surface area contributed by atoms with Crippen LogP contribution in [-0.2, 0) is 16.1 Å². The Bertz CT molecular complexity index is 1030. The summed E-state index contributed by atoms with van der Waals surface area (Å²) in [6.07, 6.45) is 0.340. The van der Waals surface area contributed by atoms with Crippen molar-refractivity contribution in [1.29, 1.82) is 0 Å². The third-order valence-electron chi connectivity index (χ3n) is 5.17. The largest absolute Gasteiger partial charge is 0.461 e. The zero-order valence-corrected chi connectivity index (χ0v) is 18.2. The maximum atomic E-state index is 13.0. The number of hydrogen-bond acceptors (Lipinski definition) is 2. The molecule has 0 spiro atoms. The Kier molecular flexibility index (Phi) is 7.26. The lowest BCUT2D eigenvalue weighted by Crippen LogP contribution is -2.20. The highest BCUT2D eigenvalue weighted by Crippen LogP contribution is 2.51. The van der Waals surface area contributed by atoms with Gasteiger partial charge in [-0.1, -0.05) is 121 Å². The molecule has 3 heteroatoms. The van der Waals surface area contributed by atoms with E-state index in [-0.39, 0.29) is 11.6 Å². The van der Waals surface area contributed by atoms with Crippen molar-refractivity contribution in [3.63, 3.8) is 0 Å². The number of carbonyl (C=O) groups excluding carboxylic acids is 1. The standard InChI is InChI=1S/C28H25O2P/c29-28(30-22-23-13-5-1-6-14-23)21-27(24-15-7-2-8-16-24)31(25-17-9-3-10-18-25)26-19-11-4-12-20-26/h1-20,27H,21-22H2/t27-/m0/s1. The minimum Gasteiger partial charge on any atom is -0.461 e. The lowest BCUT2D eigenvalue weighted by atomic mass is 10.1. The van der Waals surface area contributed by atoms with Gasteiger partial charge < -0.3 is 4.74 Å². The first-order valence-corrected chi connectivity index (χ1v) is 11.9. The highest BCUT2D eigenvalue weighted by atomic mass is 31.1. The zero-order chi connectivity index (χ0) is 21.3. The monoisotopic (exact) mass is 424 g/mol. The summed E-state index contributed by atoms with van der Waals surface area (Å²) in [5.74, 6) is -0.169. The molecule has 0 N–H and O–H groups in total. The lowest BCUT2D eigenvalue weighted by molar-refractivity contribution is -0.145. The number of rotatable bonds is 8. The van der Waals surface area contributed by atoms with Crippen LogP contribution in [-0.4, -0.2) is 5.97 Å². The maximum absolute atomic E-state index is 13.0. The Hall–Kier alpha value is -3.22. The summed E-state index contributed by atoms with van der Waals surface area (Å²) in [6, 6.07) is 41.2. The average Bonchev–Trinajstić information content (AvgIpc) is 2.85. The zero-order valence-electron chi connectivity index (χ0n) is 17.3. The van der Waals surface area contributed by atoms with Crippen molar-refractivity contribution in [3.05, 3.63) is 132 Å². The molecule has 4 aromatic carbocycles. The van der Waals surface area contributed by atoms with Gasteiger partial charge in [-0.25, -0.2) is 0 Å². The molecule has 0 saturated heterocycles. The van der Waals surface area contributed by atoms with Gasteiger partial charge in [0.15, 0.2) is 0 Å². The molecule has 0 heterocycles. The molecule has 0 amide bonds. The van der Waals surface area contributed by atoms with Crippen molar-refractivity contribution in [1.82, 2.24) is 0 Å². The molecule has 4 aromatic rings. The lowest BCUT2D eigenvalue weighted by Gasteiger charge is -2.28. The van der Waals surface area contributed by atoms with E-state index in [1.54, 1.807) is 0 Å². The normalized spacial score (nSPS) is 11.8. The minimum absolute atomic E-state index is 0.0317. The van der Waals surface area contributed by atoms with Gasteiger partial charge in [-0.3, -0.25) is 4.79 Å². The van der Waals surface area contributed by atoms with Crippen LogP contribution in [0.3, 0.4) is 0 Å². The second-order valence-electron chi connectivity index (χ2n) is 7.32. The van der Waals surface area contributed by atoms with Gasteiger partial charge in [0.1, 0.15) is 6.61 Å². The molecule has 0 unspecified atom stereocenters. The van der Waals surface area contributed by atoms with Crippen LogP contribution < -0.4 is 10.6 Å². The maximum Gasteiger partial charge on any atom is 0.307 e. The molecule has 0 aliphatic heterocycles. The molecule has 0 radical (unpaired) electrons. The SMILES string of the molecule is O=C(C[C@@H](c1ccccc1)P(c1ccccc1)c1ccccc1)OCc1ccccc1. The molecular formula is C28H25O2P. The van der Waals surface area contributed by atoms with Crippen molar-refractivity contribution >= 4 is 24.5 Å². The van der Waals surface area contributed by atoms with Crippen molar-refractivity contribution < 1.29 is 9.53 Å². The summed E-state index contributed by atoms with van der Waals surface area (Å²) >= 11 is 0. The van der Waals surface area contributed by atoms with Crippen molar-refractivity contribution in [2.75, 3.05) is 0 Å². The van der Waals surface area contributed by atoms with Crippen molar-refractivity contribution in [2.24, 2.45) is 0 Å². The third-order valence-corrected chi connectivity index (χ3v) is 7.98. The van der Waals surface area contributed by atoms with Crippen LogP contribution in [0.5, 0.6) is 0 Å². The van der Waals surface area contributed by atoms with E-state index in [9.17, 15) is 4.79 Å². The van der Waals surface area contributed by atoms with Crippen LogP contribution in [0, 0.1) is 0 Å². The summed E-state index contributed by atoms with van der Waals surface area (Å²) in [5.41, 5.74) is 2.20. The van der Waals surface area contributed by atoms with E-state index in [1.165, 1.54) is 10.6 Å². The molecule has 0 aliphatic carbocycles. The number of esters is 1. The first-order chi connectivity index (χ1) is 15.3. The Balaban J connectivity index is 1.65. The van der Waals surface area contributed by atoms with Crippen LogP contribution in [0.2, 0.25) is 0 Å². The van der Waals surface area contributed by atoms with E-state index in [2.05, 4.69) is 60.7 Å². The molecule has 4 rings (SSSR count). The molecule has 0 fully saturated rings. The van der Waals surface area contributed by atoms with Gasteiger partial charge in [0.05, 0.1) is 6.42 Å². The van der Waals surface area contributed by atoms with Crippen molar-refractivity contribution in [3.8, 4) is 0 Å². The van der Waals surface area contributed by atoms with E-state index >= 15 is 0 Å². The Morgan fingerprint density at radius 2 is 1.10 bits per heavy atom. The summed E-state index contributed by atoms with van der Waals surface area (Å²) in [6.45, 7) is 0.301. The number of benzene rings is 4. The molecule has 31 heavy (non-hydrogen) atoms. The fraction of sp³-hybridized carbons (Fsp3) is 0.107. The van der Waals surface area contributed by atoms with Gasteiger partial charge >= 0.3 is 5.97 Å². The van der Waals surface area contributed by atoms with E-state index < -0.39 is 7.92 Å². The second-order valence-corrected chi connectivity index (χ2v) is 9.71. The Labute approximate surface area is 185 Å². The van der Waals surface area contributed by atoms with Gasteiger partial charge in [-0.2, -0.15) is 0 Å². The predicted octanol–water partition coefficient (Wildman–Crippen LogP) is 5.99. The van der Waals surface area contributed by atoms with E-state index in [0.717, 1.165) is 11.1 Å². The highest BCUT2D eigenvalue weighted by Gasteiger charge is 2.28.